The second-order valence-electron chi connectivity index (χ2n) is 9.28. The number of fused-ring (bicyclic) bond motifs is 1. The van der Waals surface area contributed by atoms with E-state index >= 15 is 0 Å². The number of ether oxygens (including phenoxy) is 2. The Morgan fingerprint density at radius 1 is 1.32 bits per heavy atom. The lowest BCUT2D eigenvalue weighted by molar-refractivity contribution is -0.172. The van der Waals surface area contributed by atoms with Crippen molar-refractivity contribution in [3.8, 4) is 0 Å². The Morgan fingerprint density at radius 3 is 2.54 bits per heavy atom. The first-order valence-corrected chi connectivity index (χ1v) is 10.2. The normalized spacial score (nSPS) is 38.3. The third-order valence-corrected chi connectivity index (χ3v) is 7.55. The van der Waals surface area contributed by atoms with Crippen LogP contribution in [0.15, 0.2) is 23.3 Å². The van der Waals surface area contributed by atoms with E-state index in [0.29, 0.717) is 6.42 Å². The molecule has 1 saturated carbocycles. The Kier molecular flexibility index (Phi) is 6.80. The number of hydrogen-bond acceptors (Lipinski definition) is 5. The van der Waals surface area contributed by atoms with Crippen molar-refractivity contribution in [2.24, 2.45) is 22.7 Å². The van der Waals surface area contributed by atoms with Crippen molar-refractivity contribution in [3.05, 3.63) is 23.3 Å². The minimum Gasteiger partial charge on any atom is -0.466 e. The summed E-state index contributed by atoms with van der Waals surface area (Å²) < 4.78 is 10.5. The van der Waals surface area contributed by atoms with Crippen molar-refractivity contribution in [1.82, 2.24) is 0 Å². The van der Waals surface area contributed by atoms with Crippen LogP contribution >= 0.6 is 0 Å². The Bertz CT molecular complexity index is 678. The summed E-state index contributed by atoms with van der Waals surface area (Å²) in [5.41, 5.74) is 1.88. The molecule has 0 heterocycles. The van der Waals surface area contributed by atoms with Gasteiger partial charge in [0.05, 0.1) is 13.2 Å². The third-order valence-electron chi connectivity index (χ3n) is 7.55. The van der Waals surface area contributed by atoms with Crippen LogP contribution in [0, 0.1) is 22.7 Å². The maximum atomic E-state index is 11.7. The minimum absolute atomic E-state index is 0.124. The maximum Gasteiger partial charge on any atom is 0.330 e. The first-order valence-electron chi connectivity index (χ1n) is 10.2. The molecule has 2 aliphatic rings. The largest absolute Gasteiger partial charge is 0.466 e. The highest BCUT2D eigenvalue weighted by molar-refractivity contribution is 5.82. The molecule has 0 aromatic rings. The van der Waals surface area contributed by atoms with Crippen LogP contribution in [0.3, 0.4) is 0 Å². The van der Waals surface area contributed by atoms with Crippen molar-refractivity contribution in [3.63, 3.8) is 0 Å². The lowest BCUT2D eigenvalue weighted by atomic mass is 9.46. The van der Waals surface area contributed by atoms with E-state index in [1.54, 1.807) is 6.08 Å². The summed E-state index contributed by atoms with van der Waals surface area (Å²) in [6.07, 6.45) is 6.00. The van der Waals surface area contributed by atoms with Crippen LogP contribution in [0.5, 0.6) is 0 Å². The number of hydrogen-bond donors (Lipinski definition) is 1. The molecule has 1 N–H and O–H groups in total. The molecule has 28 heavy (non-hydrogen) atoms. The average Bonchev–Trinajstić information content (AvgIpc) is 2.60. The molecule has 0 aromatic heterocycles. The van der Waals surface area contributed by atoms with E-state index in [9.17, 15) is 14.7 Å². The zero-order valence-corrected chi connectivity index (χ0v) is 18.4. The highest BCUT2D eigenvalue weighted by Crippen LogP contribution is 2.62. The highest BCUT2D eigenvalue weighted by Gasteiger charge is 2.58. The molecular formula is C23H36O5. The zero-order valence-electron chi connectivity index (χ0n) is 18.4. The molecule has 6 atom stereocenters. The number of aliphatic hydroxyl groups is 1. The topological polar surface area (TPSA) is 72.8 Å². The van der Waals surface area contributed by atoms with Crippen molar-refractivity contribution in [2.75, 3.05) is 7.11 Å². The molecule has 158 valence electrons. The van der Waals surface area contributed by atoms with Crippen molar-refractivity contribution in [2.45, 2.75) is 79.4 Å². The molecule has 5 heteroatoms. The smallest absolute Gasteiger partial charge is 0.330 e. The van der Waals surface area contributed by atoms with Gasteiger partial charge in [0.25, 0.3) is 0 Å². The lowest BCUT2D eigenvalue weighted by Crippen LogP contribution is -2.57. The van der Waals surface area contributed by atoms with Gasteiger partial charge >= 0.3 is 11.9 Å². The molecule has 2 rings (SSSR count). The number of aliphatic hydroxyl groups excluding tert-OH is 1. The van der Waals surface area contributed by atoms with Crippen LogP contribution in [-0.4, -0.2) is 36.4 Å². The van der Waals surface area contributed by atoms with Gasteiger partial charge in [-0.1, -0.05) is 38.0 Å². The predicted molar refractivity (Wildman–Crippen MR) is 108 cm³/mol. The van der Waals surface area contributed by atoms with Gasteiger partial charge in [-0.3, -0.25) is 4.79 Å². The number of carbonyl (C=O) groups excluding carboxylic acids is 2. The molecular weight excluding hydrogens is 356 g/mol. The molecule has 0 radical (unpaired) electrons. The summed E-state index contributed by atoms with van der Waals surface area (Å²) in [5, 5.41) is 10.5. The highest BCUT2D eigenvalue weighted by atomic mass is 16.5. The van der Waals surface area contributed by atoms with Crippen molar-refractivity contribution < 1.29 is 24.2 Å². The monoisotopic (exact) mass is 392 g/mol. The number of carbonyl (C=O) groups is 2. The van der Waals surface area contributed by atoms with Gasteiger partial charge in [0.15, 0.2) is 0 Å². The molecule has 5 nitrogen and oxygen atoms in total. The van der Waals surface area contributed by atoms with E-state index in [2.05, 4.69) is 27.7 Å². The lowest BCUT2D eigenvalue weighted by Gasteiger charge is -2.60. The average molecular weight is 393 g/mol. The van der Waals surface area contributed by atoms with Gasteiger partial charge in [-0.2, -0.15) is 0 Å². The predicted octanol–water partition coefficient (Wildman–Crippen LogP) is 4.20. The molecule has 0 spiro atoms. The summed E-state index contributed by atoms with van der Waals surface area (Å²) in [6.45, 7) is 12.2. The van der Waals surface area contributed by atoms with E-state index < -0.39 is 6.10 Å². The number of esters is 2. The quantitative estimate of drug-likeness (QED) is 0.431. The van der Waals surface area contributed by atoms with Crippen LogP contribution in [-0.2, 0) is 19.1 Å². The van der Waals surface area contributed by atoms with Crippen LogP contribution in [0.25, 0.3) is 0 Å². The summed E-state index contributed by atoms with van der Waals surface area (Å²) in [7, 11) is 1.38. The van der Waals surface area contributed by atoms with Crippen LogP contribution in [0.4, 0.5) is 0 Å². The third kappa shape index (κ3) is 4.35. The van der Waals surface area contributed by atoms with Gasteiger partial charge in [-0.15, -0.1) is 0 Å². The number of methoxy groups -OCH3 is 1. The van der Waals surface area contributed by atoms with Gasteiger partial charge in [0.2, 0.25) is 0 Å². The number of rotatable bonds is 5. The number of allylic oxidation sites excluding steroid dienone is 2. The second-order valence-corrected chi connectivity index (χ2v) is 9.28. The van der Waals surface area contributed by atoms with E-state index in [4.69, 9.17) is 9.47 Å². The van der Waals surface area contributed by atoms with E-state index in [0.717, 1.165) is 24.8 Å². The zero-order chi connectivity index (χ0) is 21.3. The molecule has 0 unspecified atom stereocenters. The van der Waals surface area contributed by atoms with Crippen molar-refractivity contribution in [1.29, 1.82) is 0 Å². The van der Waals surface area contributed by atoms with Crippen LogP contribution in [0.2, 0.25) is 0 Å². The Hall–Kier alpha value is -1.62. The van der Waals surface area contributed by atoms with E-state index in [1.807, 2.05) is 13.0 Å². The van der Waals surface area contributed by atoms with E-state index in [1.165, 1.54) is 19.6 Å². The first-order chi connectivity index (χ1) is 12.9. The van der Waals surface area contributed by atoms with Gasteiger partial charge in [0.1, 0.15) is 6.10 Å². The summed E-state index contributed by atoms with van der Waals surface area (Å²) in [4.78, 5) is 23.3. The fraction of sp³-hybridized carbons (Fsp3) is 0.739. The maximum absolute atomic E-state index is 11.7. The van der Waals surface area contributed by atoms with Crippen molar-refractivity contribution >= 4 is 11.9 Å². The SMILES string of the molecule is COC(=O)/C=C(\C)CC[C@@]1(C)[C@H](C)[C@H](OC(C)=O)C[C@@]2(C)C(C)=C[C@@H](O)C[C@H]12. The molecule has 2 aliphatic carbocycles. The molecule has 0 bridgehead atoms. The summed E-state index contributed by atoms with van der Waals surface area (Å²) >= 11 is 0. The van der Waals surface area contributed by atoms with Gasteiger partial charge in [-0.25, -0.2) is 4.79 Å². The molecule has 1 fully saturated rings. The first kappa shape index (κ1) is 22.7. The summed E-state index contributed by atoms with van der Waals surface area (Å²) in [5.74, 6) is -0.166. The molecule has 0 amide bonds. The van der Waals surface area contributed by atoms with Gasteiger partial charge in [0, 0.05) is 13.0 Å². The Labute approximate surface area is 169 Å². The second kappa shape index (κ2) is 8.40. The fourth-order valence-corrected chi connectivity index (χ4v) is 5.52. The Morgan fingerprint density at radius 2 is 1.96 bits per heavy atom. The Balaban J connectivity index is 2.39. The summed E-state index contributed by atoms with van der Waals surface area (Å²) in [6, 6.07) is 0. The van der Waals surface area contributed by atoms with E-state index in [-0.39, 0.29) is 40.7 Å². The standard InChI is InChI=1S/C23H36O5/c1-14(10-21(26)27-7)8-9-22(5)16(3)19(28-17(4)24)13-23(6)15(2)11-18(25)12-20(22)23/h10-11,16,18-20,25H,8-9,12-13H2,1-7H3/b14-10+/t16-,18-,19-,20-,22+,23+/m1/s1. The van der Waals surface area contributed by atoms with Crippen LogP contribution < -0.4 is 0 Å². The minimum atomic E-state index is -0.443. The fourth-order valence-electron chi connectivity index (χ4n) is 5.52. The molecule has 0 aliphatic heterocycles. The van der Waals surface area contributed by atoms with Crippen LogP contribution in [0.1, 0.15) is 67.2 Å². The van der Waals surface area contributed by atoms with Gasteiger partial charge < -0.3 is 14.6 Å². The van der Waals surface area contributed by atoms with Gasteiger partial charge in [-0.05, 0) is 62.2 Å². The molecule has 0 aromatic carbocycles. The molecule has 0 saturated heterocycles.